The average molecular weight is 829 g/mol. The summed E-state index contributed by atoms with van der Waals surface area (Å²) in [7, 11) is 0. The van der Waals surface area contributed by atoms with Gasteiger partial charge in [-0.3, -0.25) is 0 Å². The van der Waals surface area contributed by atoms with Gasteiger partial charge in [0, 0.05) is 38.9 Å². The predicted octanol–water partition coefficient (Wildman–Crippen LogP) is 17.4. The zero-order chi connectivity index (χ0) is 43.2. The van der Waals surface area contributed by atoms with Crippen molar-refractivity contribution in [2.75, 3.05) is 4.90 Å². The molecule has 13 rings (SSSR count). The molecule has 0 unspecified atom stereocenters. The molecule has 11 aromatic carbocycles. The maximum atomic E-state index is 2.45. The lowest BCUT2D eigenvalue weighted by molar-refractivity contribution is 0.660. The van der Waals surface area contributed by atoms with Gasteiger partial charge in [-0.25, -0.2) is 0 Å². The SMILES string of the molecule is CC1(C)c2ccccc2-c2ccc(N(c3ccc(-c4ccc5c(c4)c4ccccc4n5-c4ccc(-c5ccccc5)cc4)cc3)c3ccc4c5ccccc5c5ccccc5c4c3)cc21. The van der Waals surface area contributed by atoms with Crippen molar-refractivity contribution < 1.29 is 0 Å². The number of nitrogens with zero attached hydrogens (tertiary/aromatic N) is 2. The van der Waals surface area contributed by atoms with Crippen LogP contribution in [0.1, 0.15) is 25.0 Å². The monoisotopic (exact) mass is 828 g/mol. The zero-order valence-electron chi connectivity index (χ0n) is 36.3. The molecule has 0 spiro atoms. The smallest absolute Gasteiger partial charge is 0.0541 e. The van der Waals surface area contributed by atoms with Gasteiger partial charge in [0.25, 0.3) is 0 Å². The van der Waals surface area contributed by atoms with Crippen molar-refractivity contribution in [3.63, 3.8) is 0 Å². The van der Waals surface area contributed by atoms with Crippen molar-refractivity contribution in [2.45, 2.75) is 19.3 Å². The molecule has 12 aromatic rings. The van der Waals surface area contributed by atoms with Crippen molar-refractivity contribution in [3.05, 3.63) is 242 Å². The molecule has 2 heteroatoms. The van der Waals surface area contributed by atoms with Crippen molar-refractivity contribution in [1.29, 1.82) is 0 Å². The number of hydrogen-bond donors (Lipinski definition) is 0. The normalized spacial score (nSPS) is 12.9. The molecule has 0 fully saturated rings. The van der Waals surface area contributed by atoms with E-state index in [1.165, 1.54) is 98.6 Å². The van der Waals surface area contributed by atoms with Crippen molar-refractivity contribution in [2.24, 2.45) is 0 Å². The Balaban J connectivity index is 0.937. The summed E-state index contributed by atoms with van der Waals surface area (Å²) in [6.07, 6.45) is 0. The van der Waals surface area contributed by atoms with E-state index in [0.29, 0.717) is 0 Å². The van der Waals surface area contributed by atoms with Crippen LogP contribution in [0.25, 0.3) is 93.2 Å². The van der Waals surface area contributed by atoms with Gasteiger partial charge in [-0.1, -0.05) is 178 Å². The molecular weight excluding hydrogens is 785 g/mol. The fourth-order valence-corrected chi connectivity index (χ4v) is 11.0. The van der Waals surface area contributed by atoms with Crippen LogP contribution in [0, 0.1) is 0 Å². The Bertz CT molecular complexity index is 3800. The largest absolute Gasteiger partial charge is 0.310 e. The van der Waals surface area contributed by atoms with Crippen LogP contribution in [0.2, 0.25) is 0 Å². The van der Waals surface area contributed by atoms with E-state index in [4.69, 9.17) is 0 Å². The lowest BCUT2D eigenvalue weighted by Gasteiger charge is -2.28. The second kappa shape index (κ2) is 14.4. The van der Waals surface area contributed by atoms with Gasteiger partial charge in [-0.2, -0.15) is 0 Å². The Labute approximate surface area is 378 Å². The zero-order valence-corrected chi connectivity index (χ0v) is 36.3. The molecule has 0 radical (unpaired) electrons. The highest BCUT2D eigenvalue weighted by molar-refractivity contribution is 6.26. The van der Waals surface area contributed by atoms with E-state index in [-0.39, 0.29) is 5.41 Å². The van der Waals surface area contributed by atoms with Gasteiger partial charge in [0.1, 0.15) is 0 Å². The minimum atomic E-state index is -0.122. The average Bonchev–Trinajstić information content (AvgIpc) is 3.82. The lowest BCUT2D eigenvalue weighted by Crippen LogP contribution is -2.16. The summed E-state index contributed by atoms with van der Waals surface area (Å²) in [4.78, 5) is 2.45. The van der Waals surface area contributed by atoms with E-state index in [1.807, 2.05) is 0 Å². The van der Waals surface area contributed by atoms with E-state index < -0.39 is 0 Å². The third-order valence-electron chi connectivity index (χ3n) is 14.2. The van der Waals surface area contributed by atoms with Crippen LogP contribution in [0.5, 0.6) is 0 Å². The van der Waals surface area contributed by atoms with E-state index in [2.05, 4.69) is 254 Å². The molecule has 1 aromatic heterocycles. The topological polar surface area (TPSA) is 8.17 Å². The van der Waals surface area contributed by atoms with Gasteiger partial charge >= 0.3 is 0 Å². The Hall–Kier alpha value is -8.20. The van der Waals surface area contributed by atoms with E-state index in [1.54, 1.807) is 0 Å². The molecule has 1 heterocycles. The maximum absolute atomic E-state index is 2.45. The molecule has 65 heavy (non-hydrogen) atoms. The third kappa shape index (κ3) is 5.81. The van der Waals surface area contributed by atoms with Crippen LogP contribution in [-0.2, 0) is 5.41 Å². The maximum Gasteiger partial charge on any atom is 0.0541 e. The Morgan fingerprint density at radius 1 is 0.308 bits per heavy atom. The minimum absolute atomic E-state index is 0.122. The van der Waals surface area contributed by atoms with Crippen molar-refractivity contribution >= 4 is 71.2 Å². The highest BCUT2D eigenvalue weighted by Gasteiger charge is 2.35. The van der Waals surface area contributed by atoms with Crippen LogP contribution in [-0.4, -0.2) is 4.57 Å². The number of rotatable bonds is 6. The number of anilines is 3. The Morgan fingerprint density at radius 3 is 1.54 bits per heavy atom. The van der Waals surface area contributed by atoms with Crippen LogP contribution >= 0.6 is 0 Å². The highest BCUT2D eigenvalue weighted by Crippen LogP contribution is 2.51. The van der Waals surface area contributed by atoms with Crippen molar-refractivity contribution in [3.8, 4) is 39.1 Å². The first-order chi connectivity index (χ1) is 32.0. The molecule has 0 saturated carbocycles. The van der Waals surface area contributed by atoms with E-state index in [9.17, 15) is 0 Å². The molecule has 0 atom stereocenters. The highest BCUT2D eigenvalue weighted by atomic mass is 15.1. The lowest BCUT2D eigenvalue weighted by atomic mass is 9.82. The van der Waals surface area contributed by atoms with Gasteiger partial charge in [0.2, 0.25) is 0 Å². The second-order valence-corrected chi connectivity index (χ2v) is 18.1. The standard InChI is InChI=1S/C63H44N2/c1-63(2)59-22-12-10-20-54(59)55-36-34-48(40-60(55)63)64(47-33-35-53-51-18-7-6-16-49(51)50-17-8-9-19-52(50)57(53)39-47)45-29-26-43(27-30-45)44-28-37-62-58(38-44)56-21-11-13-23-61(56)65(62)46-31-24-42(25-32-46)41-14-4-3-5-15-41/h3-40H,1-2H3. The summed E-state index contributed by atoms with van der Waals surface area (Å²) in [5.74, 6) is 0. The minimum Gasteiger partial charge on any atom is -0.310 e. The summed E-state index contributed by atoms with van der Waals surface area (Å²) in [5, 5.41) is 10.1. The van der Waals surface area contributed by atoms with Gasteiger partial charge < -0.3 is 9.47 Å². The van der Waals surface area contributed by atoms with Gasteiger partial charge in [-0.05, 0) is 144 Å². The summed E-state index contributed by atoms with van der Waals surface area (Å²) in [6, 6.07) is 85.2. The number of fused-ring (bicyclic) bond motifs is 12. The number of hydrogen-bond acceptors (Lipinski definition) is 1. The summed E-state index contributed by atoms with van der Waals surface area (Å²) < 4.78 is 2.40. The molecule has 1 aliphatic carbocycles. The van der Waals surface area contributed by atoms with Gasteiger partial charge in [0.15, 0.2) is 0 Å². The first-order valence-electron chi connectivity index (χ1n) is 22.7. The predicted molar refractivity (Wildman–Crippen MR) is 276 cm³/mol. The second-order valence-electron chi connectivity index (χ2n) is 18.1. The molecule has 0 N–H and O–H groups in total. The van der Waals surface area contributed by atoms with Crippen LogP contribution in [0.15, 0.2) is 231 Å². The summed E-state index contributed by atoms with van der Waals surface area (Å²) in [5.41, 5.74) is 17.0. The van der Waals surface area contributed by atoms with Crippen molar-refractivity contribution in [1.82, 2.24) is 4.57 Å². The molecule has 306 valence electrons. The first-order valence-corrected chi connectivity index (χ1v) is 22.7. The number of para-hydroxylation sites is 1. The quantitative estimate of drug-likeness (QED) is 0.152. The fourth-order valence-electron chi connectivity index (χ4n) is 11.0. The molecule has 0 bridgehead atoms. The summed E-state index contributed by atoms with van der Waals surface area (Å²) in [6.45, 7) is 4.73. The molecule has 1 aliphatic rings. The van der Waals surface area contributed by atoms with Crippen LogP contribution in [0.4, 0.5) is 17.1 Å². The van der Waals surface area contributed by atoms with Gasteiger partial charge in [-0.15, -0.1) is 0 Å². The summed E-state index contributed by atoms with van der Waals surface area (Å²) >= 11 is 0. The van der Waals surface area contributed by atoms with E-state index in [0.717, 1.165) is 22.7 Å². The van der Waals surface area contributed by atoms with E-state index >= 15 is 0 Å². The first kappa shape index (κ1) is 37.4. The fraction of sp³-hybridized carbons (Fsp3) is 0.0476. The number of benzene rings is 11. The number of aromatic nitrogens is 1. The molecule has 0 amide bonds. The molecular formula is C63H44N2. The Morgan fingerprint density at radius 2 is 0.800 bits per heavy atom. The van der Waals surface area contributed by atoms with Crippen LogP contribution < -0.4 is 4.90 Å². The molecule has 0 aliphatic heterocycles. The molecule has 0 saturated heterocycles. The third-order valence-corrected chi connectivity index (χ3v) is 14.2. The molecule has 2 nitrogen and oxygen atoms in total. The van der Waals surface area contributed by atoms with Gasteiger partial charge in [0.05, 0.1) is 11.0 Å². The van der Waals surface area contributed by atoms with Crippen LogP contribution in [0.3, 0.4) is 0 Å². The Kier molecular flexibility index (Phi) is 8.29.